The molecule has 2 atom stereocenters. The number of hydrogen-bond acceptors (Lipinski definition) is 7. The van der Waals surface area contributed by atoms with E-state index < -0.39 is 26.5 Å². The Morgan fingerprint density at radius 1 is 0.470 bits per heavy atom. The van der Waals surface area contributed by atoms with Crippen molar-refractivity contribution in [2.24, 2.45) is 0 Å². The van der Waals surface area contributed by atoms with E-state index in [0.717, 1.165) is 57.8 Å². The molecule has 0 saturated carbocycles. The van der Waals surface area contributed by atoms with Crippen LogP contribution < -0.4 is 0 Å². The minimum absolute atomic E-state index is 0.0296. The van der Waals surface area contributed by atoms with E-state index in [2.05, 4.69) is 50.3 Å². The average molecular weight is 953 g/mol. The zero-order valence-electron chi connectivity index (χ0n) is 43.9. The van der Waals surface area contributed by atoms with Gasteiger partial charge in [-0.05, 0) is 70.6 Å². The maximum absolute atomic E-state index is 12.7. The van der Waals surface area contributed by atoms with Gasteiger partial charge in [0.15, 0.2) is 6.10 Å². The van der Waals surface area contributed by atoms with Crippen LogP contribution in [0.15, 0.2) is 36.5 Å². The van der Waals surface area contributed by atoms with Crippen LogP contribution in [0.3, 0.4) is 0 Å². The van der Waals surface area contributed by atoms with Crippen LogP contribution in [0.4, 0.5) is 0 Å². The van der Waals surface area contributed by atoms with Crippen molar-refractivity contribution in [1.82, 2.24) is 0 Å². The van der Waals surface area contributed by atoms with Crippen LogP contribution in [0.25, 0.3) is 0 Å². The van der Waals surface area contributed by atoms with E-state index in [0.29, 0.717) is 17.4 Å². The van der Waals surface area contributed by atoms with E-state index in [1.54, 1.807) is 0 Å². The van der Waals surface area contributed by atoms with Crippen molar-refractivity contribution >= 4 is 19.8 Å². The molecular formula is C56H107NO8P+. The molecule has 0 aromatic carbocycles. The van der Waals surface area contributed by atoms with Crippen LogP contribution in [0.1, 0.15) is 258 Å². The number of ether oxygens (including phenoxy) is 2. The Morgan fingerprint density at radius 3 is 1.24 bits per heavy atom. The summed E-state index contributed by atoms with van der Waals surface area (Å²) in [5.41, 5.74) is 0. The molecule has 0 fully saturated rings. The van der Waals surface area contributed by atoms with E-state index in [4.69, 9.17) is 18.5 Å². The predicted molar refractivity (Wildman–Crippen MR) is 280 cm³/mol. The maximum atomic E-state index is 12.7. The third-order valence-electron chi connectivity index (χ3n) is 12.1. The second-order valence-corrected chi connectivity index (χ2v) is 21.4. The average Bonchev–Trinajstić information content (AvgIpc) is 3.27. The number of phosphoric ester groups is 1. The van der Waals surface area contributed by atoms with Crippen LogP contribution in [0.5, 0.6) is 0 Å². The van der Waals surface area contributed by atoms with Gasteiger partial charge in [0.2, 0.25) is 0 Å². The van der Waals surface area contributed by atoms with Gasteiger partial charge < -0.3 is 18.9 Å². The first-order valence-corrected chi connectivity index (χ1v) is 29.2. The largest absolute Gasteiger partial charge is 0.472 e. The smallest absolute Gasteiger partial charge is 0.462 e. The molecular weight excluding hydrogens is 846 g/mol. The van der Waals surface area contributed by atoms with Crippen molar-refractivity contribution in [3.8, 4) is 0 Å². The van der Waals surface area contributed by atoms with E-state index in [9.17, 15) is 19.0 Å². The topological polar surface area (TPSA) is 108 Å². The Labute approximate surface area is 408 Å². The van der Waals surface area contributed by atoms with Crippen molar-refractivity contribution in [2.45, 2.75) is 264 Å². The van der Waals surface area contributed by atoms with Crippen LogP contribution >= 0.6 is 7.82 Å². The van der Waals surface area contributed by atoms with Gasteiger partial charge in [-0.1, -0.05) is 211 Å². The third-order valence-corrected chi connectivity index (χ3v) is 13.1. The summed E-state index contributed by atoms with van der Waals surface area (Å²) >= 11 is 0. The van der Waals surface area contributed by atoms with Gasteiger partial charge in [0.05, 0.1) is 27.7 Å². The fraction of sp³-hybridized carbons (Fsp3) is 0.857. The highest BCUT2D eigenvalue weighted by Gasteiger charge is 2.27. The van der Waals surface area contributed by atoms with E-state index >= 15 is 0 Å². The molecule has 0 radical (unpaired) electrons. The molecule has 0 aromatic rings. The number of allylic oxidation sites excluding steroid dienone is 6. The van der Waals surface area contributed by atoms with Gasteiger partial charge in [-0.3, -0.25) is 18.6 Å². The van der Waals surface area contributed by atoms with Crippen molar-refractivity contribution < 1.29 is 42.1 Å². The highest BCUT2D eigenvalue weighted by Crippen LogP contribution is 2.43. The number of quaternary nitrogens is 1. The molecule has 0 saturated heterocycles. The fourth-order valence-corrected chi connectivity index (χ4v) is 8.55. The number of carbonyl (C=O) groups excluding carboxylic acids is 2. The third kappa shape index (κ3) is 51.6. The van der Waals surface area contributed by atoms with Crippen LogP contribution in [0.2, 0.25) is 0 Å². The summed E-state index contributed by atoms with van der Waals surface area (Å²) in [6.07, 6.45) is 57.8. The highest BCUT2D eigenvalue weighted by atomic mass is 31.2. The molecule has 10 heteroatoms. The SMILES string of the molecule is CCCCC/C=C\C/C=C\CCCCCCCC(=O)OC(COC(=O)CCCCCCCCCCCCCCCCC/C=C\CCCCCCCCCC)COP(=O)(O)OCC[N+](C)(C)C. The number of hydrogen-bond donors (Lipinski definition) is 1. The van der Waals surface area contributed by atoms with E-state index in [1.807, 2.05) is 21.1 Å². The minimum atomic E-state index is -4.38. The monoisotopic (exact) mass is 953 g/mol. The molecule has 0 aliphatic heterocycles. The Hall–Kier alpha value is -1.77. The summed E-state index contributed by atoms with van der Waals surface area (Å²) in [5.74, 6) is -0.805. The molecule has 0 aliphatic rings. The number of nitrogens with zero attached hydrogens (tertiary/aromatic N) is 1. The number of phosphoric acid groups is 1. The molecule has 0 rings (SSSR count). The Morgan fingerprint density at radius 2 is 0.818 bits per heavy atom. The van der Waals surface area contributed by atoms with Crippen molar-refractivity contribution in [3.63, 3.8) is 0 Å². The first-order chi connectivity index (χ1) is 32.0. The normalized spacial score (nSPS) is 13.6. The van der Waals surface area contributed by atoms with Gasteiger partial charge in [-0.15, -0.1) is 0 Å². The molecule has 0 aliphatic carbocycles. The molecule has 388 valence electrons. The summed E-state index contributed by atoms with van der Waals surface area (Å²) in [5, 5.41) is 0. The Balaban J connectivity index is 4.11. The maximum Gasteiger partial charge on any atom is 0.472 e. The number of likely N-dealkylation sites (N-methyl/N-ethyl adjacent to an activating group) is 1. The molecule has 66 heavy (non-hydrogen) atoms. The molecule has 0 spiro atoms. The van der Waals surface area contributed by atoms with Crippen molar-refractivity contribution in [3.05, 3.63) is 36.5 Å². The molecule has 1 N–H and O–H groups in total. The van der Waals surface area contributed by atoms with E-state index in [1.165, 1.54) is 167 Å². The lowest BCUT2D eigenvalue weighted by Gasteiger charge is -2.24. The summed E-state index contributed by atoms with van der Waals surface area (Å²) in [6.45, 7) is 4.41. The van der Waals surface area contributed by atoms with Gasteiger partial charge >= 0.3 is 19.8 Å². The zero-order valence-corrected chi connectivity index (χ0v) is 44.8. The molecule has 2 unspecified atom stereocenters. The van der Waals surface area contributed by atoms with Crippen LogP contribution in [-0.4, -0.2) is 74.9 Å². The summed E-state index contributed by atoms with van der Waals surface area (Å²) < 4.78 is 34.5. The molecule has 0 heterocycles. The zero-order chi connectivity index (χ0) is 48.5. The second kappa shape index (κ2) is 48.3. The Kier molecular flexibility index (Phi) is 47.0. The predicted octanol–water partition coefficient (Wildman–Crippen LogP) is 16.8. The Bertz CT molecular complexity index is 1210. The van der Waals surface area contributed by atoms with Crippen LogP contribution in [0, 0.1) is 0 Å². The van der Waals surface area contributed by atoms with Gasteiger partial charge in [0.25, 0.3) is 0 Å². The van der Waals surface area contributed by atoms with Gasteiger partial charge in [-0.25, -0.2) is 4.57 Å². The number of rotatable bonds is 51. The summed E-state index contributed by atoms with van der Waals surface area (Å²) in [4.78, 5) is 35.6. The lowest BCUT2D eigenvalue weighted by molar-refractivity contribution is -0.870. The van der Waals surface area contributed by atoms with Crippen molar-refractivity contribution in [2.75, 3.05) is 47.5 Å². The van der Waals surface area contributed by atoms with Gasteiger partial charge in [0.1, 0.15) is 19.8 Å². The first-order valence-electron chi connectivity index (χ1n) is 27.7. The quantitative estimate of drug-likeness (QED) is 0.0211. The van der Waals surface area contributed by atoms with E-state index in [-0.39, 0.29) is 32.0 Å². The second-order valence-electron chi connectivity index (χ2n) is 20.0. The first kappa shape index (κ1) is 64.2. The van der Waals surface area contributed by atoms with Gasteiger partial charge in [-0.2, -0.15) is 0 Å². The number of esters is 2. The lowest BCUT2D eigenvalue weighted by Crippen LogP contribution is -2.37. The molecule has 9 nitrogen and oxygen atoms in total. The number of carbonyl (C=O) groups is 2. The molecule has 0 aromatic heterocycles. The lowest BCUT2D eigenvalue weighted by atomic mass is 10.0. The van der Waals surface area contributed by atoms with Crippen molar-refractivity contribution in [1.29, 1.82) is 0 Å². The number of unbranched alkanes of at least 4 members (excludes halogenated alkanes) is 31. The van der Waals surface area contributed by atoms with Gasteiger partial charge in [0, 0.05) is 12.8 Å². The fourth-order valence-electron chi connectivity index (χ4n) is 7.81. The minimum Gasteiger partial charge on any atom is -0.462 e. The molecule has 0 amide bonds. The standard InChI is InChI=1S/C56H106NO8P/c1-6-8-10-12-14-16-18-20-22-23-24-25-26-27-28-29-30-31-32-33-35-36-38-40-42-44-46-48-55(58)62-52-54(53-64-66(60,61)63-51-50-57(3,4)5)65-56(59)49-47-45-43-41-39-37-34-21-19-17-15-13-11-9-7-2/h15,17,21,23-24,34,54H,6-14,16,18-20,22,25-33,35-53H2,1-5H3/p+1/b17-15-,24-23-,34-21-. The van der Waals surface area contributed by atoms with Crippen LogP contribution in [-0.2, 0) is 32.7 Å². The highest BCUT2D eigenvalue weighted by molar-refractivity contribution is 7.47. The summed E-state index contributed by atoms with van der Waals surface area (Å²) in [6, 6.07) is 0. The summed E-state index contributed by atoms with van der Waals surface area (Å²) in [7, 11) is 1.47. The molecule has 0 bridgehead atoms.